The summed E-state index contributed by atoms with van der Waals surface area (Å²) >= 11 is 0. The van der Waals surface area contributed by atoms with Gasteiger partial charge in [0, 0.05) is 16.5 Å². The fourth-order valence-corrected chi connectivity index (χ4v) is 6.15. The lowest BCUT2D eigenvalue weighted by atomic mass is 10.0. The second-order valence-electron chi connectivity index (χ2n) is 7.11. The summed E-state index contributed by atoms with van der Waals surface area (Å²) in [7, 11) is -10.0. The van der Waals surface area contributed by atoms with Gasteiger partial charge in [-0.15, -0.1) is 0 Å². The first-order valence-corrected chi connectivity index (χ1v) is 11.7. The van der Waals surface area contributed by atoms with Gasteiger partial charge in [-0.05, 0) is 23.6 Å². The van der Waals surface area contributed by atoms with Gasteiger partial charge in [0.05, 0.1) is 39.8 Å². The van der Waals surface area contributed by atoms with Crippen molar-refractivity contribution in [3.63, 3.8) is 0 Å². The summed E-state index contributed by atoms with van der Waals surface area (Å²) in [6, 6.07) is 9.36. The first-order valence-electron chi connectivity index (χ1n) is 8.83. The highest BCUT2D eigenvalue weighted by Crippen LogP contribution is 2.50. The third kappa shape index (κ3) is 2.47. The molecule has 0 amide bonds. The van der Waals surface area contributed by atoms with Gasteiger partial charge in [-0.1, -0.05) is 18.2 Å². The van der Waals surface area contributed by atoms with Gasteiger partial charge in [-0.2, -0.15) is 16.8 Å². The molecule has 0 aliphatic heterocycles. The molecule has 5 aromatic rings. The minimum atomic E-state index is -5.06. The fraction of sp³-hybridized carbons (Fsp3) is 0. The molecule has 12 heteroatoms. The molecule has 10 nitrogen and oxygen atoms in total. The number of fused-ring (bicyclic) bond motifs is 5. The maximum absolute atomic E-state index is 12.3. The van der Waals surface area contributed by atoms with Crippen LogP contribution in [0.15, 0.2) is 52.5 Å². The van der Waals surface area contributed by atoms with Gasteiger partial charge in [-0.25, -0.2) is 15.0 Å². The SMILES string of the molecule is O=S(=O)(O)c1cc2cccc3c2c(c1S(=O)(=O)O)-c1nc2cc4nc[nH]c4cc2nc1-3. The predicted molar refractivity (Wildman–Crippen MR) is 111 cm³/mol. The normalized spacial score (nSPS) is 13.4. The predicted octanol–water partition coefficient (Wildman–Crippen LogP) is 2.80. The highest BCUT2D eigenvalue weighted by Gasteiger charge is 2.36. The van der Waals surface area contributed by atoms with Gasteiger partial charge in [0.25, 0.3) is 20.2 Å². The Morgan fingerprint density at radius 1 is 0.839 bits per heavy atom. The van der Waals surface area contributed by atoms with E-state index < -0.39 is 30.0 Å². The summed E-state index contributed by atoms with van der Waals surface area (Å²) in [5.74, 6) is 0. The number of hydrogen-bond acceptors (Lipinski definition) is 7. The Hall–Kier alpha value is -3.45. The van der Waals surface area contributed by atoms with E-state index in [2.05, 4.69) is 19.9 Å². The summed E-state index contributed by atoms with van der Waals surface area (Å²) in [4.78, 5) is 14.5. The van der Waals surface area contributed by atoms with Crippen LogP contribution < -0.4 is 0 Å². The Labute approximate surface area is 174 Å². The summed E-state index contributed by atoms with van der Waals surface area (Å²) < 4.78 is 68.2. The molecule has 31 heavy (non-hydrogen) atoms. The Morgan fingerprint density at radius 3 is 2.32 bits per heavy atom. The third-order valence-electron chi connectivity index (χ3n) is 5.32. The van der Waals surface area contributed by atoms with Crippen LogP contribution in [0.1, 0.15) is 0 Å². The lowest BCUT2D eigenvalue weighted by Crippen LogP contribution is -2.10. The van der Waals surface area contributed by atoms with Crippen LogP contribution in [-0.4, -0.2) is 45.9 Å². The number of rotatable bonds is 2. The molecule has 3 N–H and O–H groups in total. The molecular weight excluding hydrogens is 444 g/mol. The first-order chi connectivity index (χ1) is 14.6. The van der Waals surface area contributed by atoms with Crippen LogP contribution in [-0.2, 0) is 20.2 Å². The summed E-state index contributed by atoms with van der Waals surface area (Å²) in [6.45, 7) is 0. The number of nitrogens with one attached hydrogen (secondary N) is 1. The molecule has 0 saturated heterocycles. The molecule has 0 bridgehead atoms. The average Bonchev–Trinajstić information content (AvgIpc) is 3.26. The van der Waals surface area contributed by atoms with E-state index >= 15 is 0 Å². The Kier molecular flexibility index (Phi) is 3.32. The van der Waals surface area contributed by atoms with Crippen molar-refractivity contribution in [3.8, 4) is 22.5 Å². The summed E-state index contributed by atoms with van der Waals surface area (Å²) in [6.07, 6.45) is 1.52. The Morgan fingerprint density at radius 2 is 1.58 bits per heavy atom. The molecule has 2 aromatic heterocycles. The maximum atomic E-state index is 12.3. The molecule has 2 heterocycles. The van der Waals surface area contributed by atoms with Crippen molar-refractivity contribution < 1.29 is 25.9 Å². The fourth-order valence-electron chi connectivity index (χ4n) is 4.13. The molecule has 6 rings (SSSR count). The monoisotopic (exact) mass is 454 g/mol. The van der Waals surface area contributed by atoms with E-state index in [9.17, 15) is 25.9 Å². The topological polar surface area (TPSA) is 163 Å². The van der Waals surface area contributed by atoms with E-state index in [-0.39, 0.29) is 11.3 Å². The average molecular weight is 454 g/mol. The second-order valence-corrected chi connectivity index (χ2v) is 9.86. The lowest BCUT2D eigenvalue weighted by Gasteiger charge is -2.11. The van der Waals surface area contributed by atoms with E-state index in [0.717, 1.165) is 11.6 Å². The molecule has 0 saturated carbocycles. The van der Waals surface area contributed by atoms with Crippen molar-refractivity contribution in [2.45, 2.75) is 9.79 Å². The van der Waals surface area contributed by atoms with Crippen molar-refractivity contribution in [1.29, 1.82) is 0 Å². The van der Waals surface area contributed by atoms with Crippen LogP contribution in [0.4, 0.5) is 0 Å². The van der Waals surface area contributed by atoms with Gasteiger partial charge in [-0.3, -0.25) is 9.11 Å². The summed E-state index contributed by atoms with van der Waals surface area (Å²) in [5, 5.41) is 0.724. The highest BCUT2D eigenvalue weighted by atomic mass is 32.2. The Bertz CT molecular complexity index is 1840. The number of H-pyrrole nitrogens is 1. The number of aromatic nitrogens is 4. The standard InChI is InChI=1S/C19H10N4O6S2/c24-30(25,26)14-4-8-2-1-3-9-15(8)16(19(14)31(27,28)29)18-17(9)22-12-5-10-11(21-7-20-10)6-13(12)23-18/h1-7H,(H,20,21)(H,24,25,26)(H,27,28,29). The van der Waals surface area contributed by atoms with E-state index in [0.29, 0.717) is 38.6 Å². The van der Waals surface area contributed by atoms with Crippen LogP contribution >= 0.6 is 0 Å². The molecular formula is C19H10N4O6S2. The van der Waals surface area contributed by atoms with Crippen molar-refractivity contribution in [1.82, 2.24) is 19.9 Å². The second kappa shape index (κ2) is 5.62. The lowest BCUT2D eigenvalue weighted by molar-refractivity contribution is 0.467. The molecule has 3 aromatic carbocycles. The van der Waals surface area contributed by atoms with Crippen LogP contribution in [0.25, 0.3) is 55.4 Å². The molecule has 0 unspecified atom stereocenters. The number of nitrogens with zero attached hydrogens (tertiary/aromatic N) is 3. The van der Waals surface area contributed by atoms with Gasteiger partial charge in [0.2, 0.25) is 0 Å². The molecule has 1 aliphatic carbocycles. The number of benzene rings is 3. The van der Waals surface area contributed by atoms with Crippen LogP contribution in [0.5, 0.6) is 0 Å². The van der Waals surface area contributed by atoms with Gasteiger partial charge >= 0.3 is 0 Å². The van der Waals surface area contributed by atoms with Gasteiger partial charge in [0.1, 0.15) is 9.79 Å². The number of aromatic amines is 1. The number of imidazole rings is 1. The van der Waals surface area contributed by atoms with E-state index in [1.807, 2.05) is 0 Å². The van der Waals surface area contributed by atoms with E-state index in [4.69, 9.17) is 0 Å². The van der Waals surface area contributed by atoms with Crippen LogP contribution in [0.3, 0.4) is 0 Å². The van der Waals surface area contributed by atoms with Crippen molar-refractivity contribution in [3.05, 3.63) is 42.7 Å². The molecule has 154 valence electrons. The number of hydrogen-bond donors (Lipinski definition) is 3. The quantitative estimate of drug-likeness (QED) is 0.334. The Balaban J connectivity index is 1.86. The minimum Gasteiger partial charge on any atom is -0.345 e. The van der Waals surface area contributed by atoms with Crippen LogP contribution in [0, 0.1) is 0 Å². The zero-order chi connectivity index (χ0) is 21.7. The zero-order valence-electron chi connectivity index (χ0n) is 15.2. The van der Waals surface area contributed by atoms with E-state index in [1.54, 1.807) is 30.3 Å². The van der Waals surface area contributed by atoms with Crippen LogP contribution in [0.2, 0.25) is 0 Å². The largest absolute Gasteiger partial charge is 0.345 e. The maximum Gasteiger partial charge on any atom is 0.296 e. The van der Waals surface area contributed by atoms with Crippen molar-refractivity contribution >= 4 is 53.1 Å². The smallest absolute Gasteiger partial charge is 0.296 e. The minimum absolute atomic E-state index is 0.0895. The molecule has 0 fully saturated rings. The van der Waals surface area contributed by atoms with Crippen molar-refractivity contribution in [2.75, 3.05) is 0 Å². The molecule has 0 atom stereocenters. The third-order valence-corrected chi connectivity index (χ3v) is 7.26. The zero-order valence-corrected chi connectivity index (χ0v) is 16.9. The first kappa shape index (κ1) is 18.3. The van der Waals surface area contributed by atoms with Crippen molar-refractivity contribution in [2.24, 2.45) is 0 Å². The molecule has 0 spiro atoms. The van der Waals surface area contributed by atoms with Gasteiger partial charge < -0.3 is 4.98 Å². The molecule has 1 aliphatic rings. The summed E-state index contributed by atoms with van der Waals surface area (Å²) in [5.41, 5.74) is 3.12. The molecule has 0 radical (unpaired) electrons. The van der Waals surface area contributed by atoms with E-state index in [1.165, 1.54) is 6.33 Å². The van der Waals surface area contributed by atoms with Gasteiger partial charge in [0.15, 0.2) is 0 Å². The highest BCUT2D eigenvalue weighted by molar-refractivity contribution is 7.89.